The summed E-state index contributed by atoms with van der Waals surface area (Å²) < 4.78 is 10.9. The number of hydrogen-bond donors (Lipinski definition) is 1. The zero-order valence-corrected chi connectivity index (χ0v) is 16.9. The first-order chi connectivity index (χ1) is 13.6. The summed E-state index contributed by atoms with van der Waals surface area (Å²) >= 11 is 1.61. The normalized spacial score (nSPS) is 14.5. The van der Waals surface area contributed by atoms with Crippen LogP contribution in [0.1, 0.15) is 24.6 Å². The van der Waals surface area contributed by atoms with E-state index in [0.29, 0.717) is 31.9 Å². The Morgan fingerprint density at radius 3 is 2.39 bits per heavy atom. The second-order valence-corrected chi connectivity index (χ2v) is 7.70. The van der Waals surface area contributed by atoms with E-state index in [0.717, 1.165) is 23.5 Å². The van der Waals surface area contributed by atoms with E-state index in [1.54, 1.807) is 23.5 Å². The number of nitrogens with one attached hydrogen (secondary N) is 1. The average molecular weight is 403 g/mol. The molecule has 150 valence electrons. The van der Waals surface area contributed by atoms with E-state index in [4.69, 9.17) is 9.47 Å². The maximum absolute atomic E-state index is 12.3. The van der Waals surface area contributed by atoms with Crippen molar-refractivity contribution in [1.29, 1.82) is 0 Å². The van der Waals surface area contributed by atoms with Crippen molar-refractivity contribution in [2.75, 3.05) is 26.3 Å². The summed E-state index contributed by atoms with van der Waals surface area (Å²) in [6, 6.07) is 11.2. The number of ether oxygens (including phenoxy) is 2. The van der Waals surface area contributed by atoms with Crippen LogP contribution >= 0.6 is 11.3 Å². The Morgan fingerprint density at radius 2 is 1.79 bits per heavy atom. The van der Waals surface area contributed by atoms with Gasteiger partial charge in [-0.05, 0) is 55.5 Å². The standard InChI is InChI=1S/C21H26N2O4S/c1-2-26-17-5-7-18(8-6-17)27-15-20(24)22-16-9-11-23(12-10-16)21(25)14-19-4-3-13-28-19/h3-8,13,16H,2,9-12,14-15H2,1H3,(H,22,24). The maximum Gasteiger partial charge on any atom is 0.258 e. The lowest BCUT2D eigenvalue weighted by Gasteiger charge is -2.32. The molecule has 2 amide bonds. The molecule has 2 aromatic rings. The van der Waals surface area contributed by atoms with Gasteiger partial charge in [0.05, 0.1) is 13.0 Å². The van der Waals surface area contributed by atoms with Crippen LogP contribution in [0.5, 0.6) is 11.5 Å². The lowest BCUT2D eigenvalue weighted by Crippen LogP contribution is -2.47. The number of benzene rings is 1. The smallest absolute Gasteiger partial charge is 0.258 e. The summed E-state index contributed by atoms with van der Waals surface area (Å²) in [5, 5.41) is 4.99. The molecule has 0 unspecified atom stereocenters. The highest BCUT2D eigenvalue weighted by Gasteiger charge is 2.24. The summed E-state index contributed by atoms with van der Waals surface area (Å²) in [5.74, 6) is 1.43. The Hall–Kier alpha value is -2.54. The van der Waals surface area contributed by atoms with Gasteiger partial charge in [-0.25, -0.2) is 0 Å². The largest absolute Gasteiger partial charge is 0.494 e. The van der Waals surface area contributed by atoms with E-state index in [1.165, 1.54) is 0 Å². The number of carbonyl (C=O) groups excluding carboxylic acids is 2. The molecule has 6 nitrogen and oxygen atoms in total. The average Bonchev–Trinajstić information content (AvgIpc) is 3.21. The third kappa shape index (κ3) is 5.99. The lowest BCUT2D eigenvalue weighted by molar-refractivity contribution is -0.131. The van der Waals surface area contributed by atoms with Crippen molar-refractivity contribution in [3.63, 3.8) is 0 Å². The predicted molar refractivity (Wildman–Crippen MR) is 109 cm³/mol. The molecule has 7 heteroatoms. The van der Waals surface area contributed by atoms with Crippen LogP contribution in [0.25, 0.3) is 0 Å². The summed E-state index contributed by atoms with van der Waals surface area (Å²) in [5.41, 5.74) is 0. The Labute approximate surface area is 169 Å². The Morgan fingerprint density at radius 1 is 1.11 bits per heavy atom. The molecule has 0 bridgehead atoms. The molecule has 28 heavy (non-hydrogen) atoms. The third-order valence-corrected chi connectivity index (χ3v) is 5.50. The summed E-state index contributed by atoms with van der Waals surface area (Å²) in [4.78, 5) is 27.5. The van der Waals surface area contributed by atoms with E-state index in [-0.39, 0.29) is 24.5 Å². The van der Waals surface area contributed by atoms with Gasteiger partial charge in [0.1, 0.15) is 11.5 Å². The van der Waals surface area contributed by atoms with E-state index >= 15 is 0 Å². The Balaban J connectivity index is 1.35. The van der Waals surface area contributed by atoms with E-state index < -0.39 is 0 Å². The highest BCUT2D eigenvalue weighted by molar-refractivity contribution is 7.10. The van der Waals surface area contributed by atoms with Crippen LogP contribution in [0.4, 0.5) is 0 Å². The fourth-order valence-corrected chi connectivity index (χ4v) is 3.86. The number of carbonyl (C=O) groups is 2. The molecule has 0 aliphatic carbocycles. The quantitative estimate of drug-likeness (QED) is 0.737. The van der Waals surface area contributed by atoms with Crippen molar-refractivity contribution in [3.8, 4) is 11.5 Å². The van der Waals surface area contributed by atoms with E-state index in [9.17, 15) is 9.59 Å². The van der Waals surface area contributed by atoms with Crippen LogP contribution in [0.2, 0.25) is 0 Å². The van der Waals surface area contributed by atoms with Crippen molar-refractivity contribution < 1.29 is 19.1 Å². The molecule has 0 saturated carbocycles. The van der Waals surface area contributed by atoms with Crippen molar-refractivity contribution in [1.82, 2.24) is 10.2 Å². The van der Waals surface area contributed by atoms with Gasteiger partial charge >= 0.3 is 0 Å². The molecule has 1 aliphatic rings. The molecule has 0 radical (unpaired) electrons. The minimum Gasteiger partial charge on any atom is -0.494 e. The molecular formula is C21H26N2O4S. The Kier molecular flexibility index (Phi) is 7.31. The molecule has 1 aliphatic heterocycles. The van der Waals surface area contributed by atoms with Gasteiger partial charge < -0.3 is 19.7 Å². The first kappa shape index (κ1) is 20.2. The Bertz CT molecular complexity index is 753. The summed E-state index contributed by atoms with van der Waals surface area (Å²) in [7, 11) is 0. The van der Waals surface area contributed by atoms with Crippen LogP contribution in [-0.4, -0.2) is 49.1 Å². The predicted octanol–water partition coefficient (Wildman–Crippen LogP) is 2.88. The zero-order valence-electron chi connectivity index (χ0n) is 16.1. The molecule has 1 aromatic heterocycles. The highest BCUT2D eigenvalue weighted by atomic mass is 32.1. The number of nitrogens with zero attached hydrogens (tertiary/aromatic N) is 1. The van der Waals surface area contributed by atoms with Crippen molar-refractivity contribution in [2.24, 2.45) is 0 Å². The van der Waals surface area contributed by atoms with Gasteiger partial charge in [-0.3, -0.25) is 9.59 Å². The van der Waals surface area contributed by atoms with Gasteiger partial charge in [-0.1, -0.05) is 6.07 Å². The van der Waals surface area contributed by atoms with Crippen molar-refractivity contribution >= 4 is 23.2 Å². The minimum absolute atomic E-state index is 0.0223. The fraction of sp³-hybridized carbons (Fsp3) is 0.429. The molecule has 0 spiro atoms. The summed E-state index contributed by atoms with van der Waals surface area (Å²) in [6.45, 7) is 3.87. The first-order valence-electron chi connectivity index (χ1n) is 9.59. The van der Waals surface area contributed by atoms with Crippen LogP contribution in [0, 0.1) is 0 Å². The van der Waals surface area contributed by atoms with Crippen LogP contribution in [-0.2, 0) is 16.0 Å². The van der Waals surface area contributed by atoms with Crippen molar-refractivity contribution in [2.45, 2.75) is 32.2 Å². The van der Waals surface area contributed by atoms with Gasteiger partial charge in [-0.15, -0.1) is 11.3 Å². The highest BCUT2D eigenvalue weighted by Crippen LogP contribution is 2.18. The SMILES string of the molecule is CCOc1ccc(OCC(=O)NC2CCN(C(=O)Cc3cccs3)CC2)cc1. The molecule has 2 heterocycles. The van der Waals surface area contributed by atoms with Gasteiger partial charge in [0.2, 0.25) is 5.91 Å². The number of rotatable bonds is 8. The summed E-state index contributed by atoms with van der Waals surface area (Å²) in [6.07, 6.45) is 2.00. The number of thiophene rings is 1. The molecule has 0 atom stereocenters. The number of likely N-dealkylation sites (tertiary alicyclic amines) is 1. The van der Waals surface area contributed by atoms with Crippen LogP contribution in [0.15, 0.2) is 41.8 Å². The van der Waals surface area contributed by atoms with Gasteiger partial charge in [0, 0.05) is 24.0 Å². The monoisotopic (exact) mass is 402 g/mol. The number of amides is 2. The van der Waals surface area contributed by atoms with Gasteiger partial charge in [0.25, 0.3) is 5.91 Å². The van der Waals surface area contributed by atoms with Crippen molar-refractivity contribution in [3.05, 3.63) is 46.7 Å². The van der Waals surface area contributed by atoms with Gasteiger partial charge in [0.15, 0.2) is 6.61 Å². The van der Waals surface area contributed by atoms with E-state index in [2.05, 4.69) is 5.32 Å². The first-order valence-corrected chi connectivity index (χ1v) is 10.5. The molecular weight excluding hydrogens is 376 g/mol. The molecule has 1 saturated heterocycles. The number of piperidine rings is 1. The zero-order chi connectivity index (χ0) is 19.8. The minimum atomic E-state index is -0.141. The maximum atomic E-state index is 12.3. The van der Waals surface area contributed by atoms with Gasteiger partial charge in [-0.2, -0.15) is 0 Å². The van der Waals surface area contributed by atoms with E-state index in [1.807, 2.05) is 41.5 Å². The molecule has 1 N–H and O–H groups in total. The molecule has 1 fully saturated rings. The topological polar surface area (TPSA) is 67.9 Å². The fourth-order valence-electron chi connectivity index (χ4n) is 3.16. The molecule has 3 rings (SSSR count). The second-order valence-electron chi connectivity index (χ2n) is 6.67. The third-order valence-electron chi connectivity index (χ3n) is 4.62. The van der Waals surface area contributed by atoms with Crippen LogP contribution < -0.4 is 14.8 Å². The lowest BCUT2D eigenvalue weighted by atomic mass is 10.0. The number of hydrogen-bond acceptors (Lipinski definition) is 5. The second kappa shape index (κ2) is 10.1. The molecule has 1 aromatic carbocycles. The van der Waals surface area contributed by atoms with Crippen LogP contribution in [0.3, 0.4) is 0 Å².